The molecule has 8 nitrogen and oxygen atoms in total. The number of aromatic nitrogens is 4. The number of imidazole rings is 1. The van der Waals surface area contributed by atoms with Crippen LogP contribution in [0.15, 0.2) is 60.9 Å². The molecule has 4 aromatic rings. The topological polar surface area (TPSA) is 83.7 Å². The van der Waals surface area contributed by atoms with E-state index in [1.54, 1.807) is 18.3 Å². The van der Waals surface area contributed by atoms with Crippen molar-refractivity contribution in [3.63, 3.8) is 0 Å². The number of carbonyl (C=O) groups excluding carboxylic acids is 2. The molecule has 11 heteroatoms. The number of nitrogens with zero attached hydrogens (tertiary/aromatic N) is 6. The molecule has 0 N–H and O–H groups in total. The molecular formula is C30H33F3N6O2. The Hall–Kier alpha value is -4.12. The summed E-state index contributed by atoms with van der Waals surface area (Å²) >= 11 is 0. The van der Waals surface area contributed by atoms with Crippen molar-refractivity contribution in [2.24, 2.45) is 0 Å². The molecule has 1 amide bonds. The fourth-order valence-electron chi connectivity index (χ4n) is 4.54. The molecule has 4 heterocycles. The van der Waals surface area contributed by atoms with Crippen LogP contribution in [0, 0.1) is 0 Å². The number of rotatable bonds is 4. The summed E-state index contributed by atoms with van der Waals surface area (Å²) in [5, 5.41) is 4.36. The minimum Gasteiger partial charge on any atom is -0.334 e. The summed E-state index contributed by atoms with van der Waals surface area (Å²) in [5.41, 5.74) is 2.64. The Balaban J connectivity index is 0.000000201. The third-order valence-corrected chi connectivity index (χ3v) is 7.21. The molecule has 1 saturated heterocycles. The number of amides is 1. The van der Waals surface area contributed by atoms with Gasteiger partial charge < -0.3 is 4.90 Å². The van der Waals surface area contributed by atoms with Crippen LogP contribution in [0.4, 0.5) is 13.2 Å². The highest BCUT2D eigenvalue weighted by Gasteiger charge is 2.34. The van der Waals surface area contributed by atoms with E-state index in [1.807, 2.05) is 30.9 Å². The van der Waals surface area contributed by atoms with Gasteiger partial charge in [-0.1, -0.05) is 32.0 Å². The van der Waals surface area contributed by atoms with Crippen molar-refractivity contribution in [2.75, 3.05) is 26.7 Å². The number of carbonyl (C=O) groups is 2. The van der Waals surface area contributed by atoms with Gasteiger partial charge in [-0.25, -0.2) is 9.50 Å². The second kappa shape index (κ2) is 11.8. The Morgan fingerprint density at radius 2 is 1.78 bits per heavy atom. The number of likely N-dealkylation sites (N-methyl/N-ethyl adjacent to an activating group) is 1. The number of hydrogen-bond acceptors (Lipinski definition) is 6. The predicted octanol–water partition coefficient (Wildman–Crippen LogP) is 5.60. The van der Waals surface area contributed by atoms with Crippen LogP contribution in [0.25, 0.3) is 16.9 Å². The van der Waals surface area contributed by atoms with Gasteiger partial charge in [0, 0.05) is 42.5 Å². The molecule has 1 aliphatic heterocycles. The van der Waals surface area contributed by atoms with Gasteiger partial charge in [0.25, 0.3) is 5.91 Å². The first-order valence-electron chi connectivity index (χ1n) is 13.2. The van der Waals surface area contributed by atoms with E-state index >= 15 is 0 Å². The molecule has 0 spiro atoms. The zero-order chi connectivity index (χ0) is 29.9. The number of aldehydes is 1. The van der Waals surface area contributed by atoms with Gasteiger partial charge in [-0.3, -0.25) is 19.5 Å². The number of fused-ring (bicyclic) bond motifs is 1. The van der Waals surface area contributed by atoms with Gasteiger partial charge in [0.15, 0.2) is 11.9 Å². The summed E-state index contributed by atoms with van der Waals surface area (Å²) in [6.07, 6.45) is -0.574. The third kappa shape index (κ3) is 6.79. The van der Waals surface area contributed by atoms with Crippen LogP contribution in [0.5, 0.6) is 0 Å². The van der Waals surface area contributed by atoms with Crippen LogP contribution in [0.3, 0.4) is 0 Å². The summed E-state index contributed by atoms with van der Waals surface area (Å²) in [4.78, 5) is 35.7. The average molecular weight is 567 g/mol. The monoisotopic (exact) mass is 566 g/mol. The van der Waals surface area contributed by atoms with E-state index in [9.17, 15) is 22.8 Å². The number of alkyl halides is 3. The Morgan fingerprint density at radius 3 is 2.34 bits per heavy atom. The summed E-state index contributed by atoms with van der Waals surface area (Å²) in [6, 6.07) is 12.1. The van der Waals surface area contributed by atoms with Gasteiger partial charge in [0.2, 0.25) is 0 Å². The molecular weight excluding hydrogens is 533 g/mol. The van der Waals surface area contributed by atoms with E-state index in [-0.39, 0.29) is 23.1 Å². The fourth-order valence-corrected chi connectivity index (χ4v) is 4.54. The molecule has 1 aliphatic rings. The summed E-state index contributed by atoms with van der Waals surface area (Å²) < 4.78 is 39.5. The molecule has 0 atom stereocenters. The lowest BCUT2D eigenvalue weighted by Gasteiger charge is -2.45. The van der Waals surface area contributed by atoms with E-state index < -0.39 is 11.7 Å². The number of halogens is 3. The minimum atomic E-state index is -4.37. The molecule has 0 aliphatic carbocycles. The third-order valence-electron chi connectivity index (χ3n) is 7.21. The largest absolute Gasteiger partial charge is 0.416 e. The lowest BCUT2D eigenvalue weighted by molar-refractivity contribution is -0.137. The van der Waals surface area contributed by atoms with Crippen LogP contribution in [0.2, 0.25) is 0 Å². The molecule has 0 bridgehead atoms. The van der Waals surface area contributed by atoms with Crippen molar-refractivity contribution in [3.05, 3.63) is 83.4 Å². The van der Waals surface area contributed by atoms with Gasteiger partial charge in [0.05, 0.1) is 17.5 Å². The van der Waals surface area contributed by atoms with Crippen LogP contribution >= 0.6 is 0 Å². The zero-order valence-corrected chi connectivity index (χ0v) is 23.7. The molecule has 216 valence electrons. The Bertz CT molecular complexity index is 1520. The SMILES string of the molecule is CC(C)c1cc(-c2ccc(C(F)(F)F)cc2)nn2cc(C=O)nc12.CN1CCN(C(=O)c2ccccn2)CC1(C)C. The molecule has 1 aromatic carbocycles. The Kier molecular flexibility index (Phi) is 8.58. The number of pyridine rings is 1. The van der Waals surface area contributed by atoms with Crippen LogP contribution in [-0.2, 0) is 6.18 Å². The van der Waals surface area contributed by atoms with Crippen molar-refractivity contribution in [3.8, 4) is 11.3 Å². The van der Waals surface area contributed by atoms with Crippen LogP contribution in [0.1, 0.15) is 65.7 Å². The van der Waals surface area contributed by atoms with Gasteiger partial charge >= 0.3 is 6.18 Å². The van der Waals surface area contributed by atoms with Crippen molar-refractivity contribution in [2.45, 2.75) is 45.3 Å². The van der Waals surface area contributed by atoms with Gasteiger partial charge in [-0.05, 0) is 57.1 Å². The highest BCUT2D eigenvalue weighted by molar-refractivity contribution is 5.92. The Labute approximate surface area is 236 Å². The highest BCUT2D eigenvalue weighted by atomic mass is 19.4. The van der Waals surface area contributed by atoms with E-state index in [0.29, 0.717) is 28.9 Å². The second-order valence-corrected chi connectivity index (χ2v) is 10.9. The lowest BCUT2D eigenvalue weighted by Crippen LogP contribution is -2.58. The lowest BCUT2D eigenvalue weighted by atomic mass is 9.99. The van der Waals surface area contributed by atoms with Gasteiger partial charge in [-0.15, -0.1) is 0 Å². The summed E-state index contributed by atoms with van der Waals surface area (Å²) in [6.45, 7) is 10.7. The van der Waals surface area contributed by atoms with E-state index in [2.05, 4.69) is 40.9 Å². The summed E-state index contributed by atoms with van der Waals surface area (Å²) in [5.74, 6) is 0.150. The van der Waals surface area contributed by atoms with Crippen LogP contribution < -0.4 is 0 Å². The van der Waals surface area contributed by atoms with Crippen LogP contribution in [-0.4, -0.2) is 73.8 Å². The quantitative estimate of drug-likeness (QED) is 0.299. The van der Waals surface area contributed by atoms with Gasteiger partial charge in [-0.2, -0.15) is 18.3 Å². The first kappa shape index (κ1) is 29.9. The standard InChI is InChI=1S/C17H14F3N3O.C13H19N3O/c1-10(2)14-7-15(22-23-8-13(9-24)21-16(14)23)11-3-5-12(6-4-11)17(18,19)20;1-13(2)10-16(9-8-15(13)3)12(17)11-6-4-5-7-14-11/h3-10H,1-2H3;4-7H,8-10H2,1-3H3. The first-order valence-corrected chi connectivity index (χ1v) is 13.2. The molecule has 41 heavy (non-hydrogen) atoms. The maximum Gasteiger partial charge on any atom is 0.416 e. The normalized spacial score (nSPS) is 15.5. The molecule has 0 radical (unpaired) electrons. The molecule has 0 saturated carbocycles. The maximum absolute atomic E-state index is 12.7. The van der Waals surface area contributed by atoms with E-state index in [4.69, 9.17) is 0 Å². The number of piperazine rings is 1. The molecule has 5 rings (SSSR count). The average Bonchev–Trinajstić information content (AvgIpc) is 3.37. The molecule has 3 aromatic heterocycles. The van der Waals surface area contributed by atoms with E-state index in [1.165, 1.54) is 22.8 Å². The fraction of sp³-hybridized carbons (Fsp3) is 0.367. The zero-order valence-electron chi connectivity index (χ0n) is 23.7. The van der Waals surface area contributed by atoms with Crippen molar-refractivity contribution in [1.82, 2.24) is 29.4 Å². The highest BCUT2D eigenvalue weighted by Crippen LogP contribution is 2.31. The number of hydrogen-bond donors (Lipinski definition) is 0. The van der Waals surface area contributed by atoms with E-state index in [0.717, 1.165) is 37.3 Å². The van der Waals surface area contributed by atoms with Gasteiger partial charge in [0.1, 0.15) is 11.4 Å². The Morgan fingerprint density at radius 1 is 1.07 bits per heavy atom. The minimum absolute atomic E-state index is 0.0304. The van der Waals surface area contributed by atoms with Crippen molar-refractivity contribution < 1.29 is 22.8 Å². The molecule has 1 fully saturated rings. The molecule has 0 unspecified atom stereocenters. The second-order valence-electron chi connectivity index (χ2n) is 10.9. The smallest absolute Gasteiger partial charge is 0.334 e. The van der Waals surface area contributed by atoms with Crippen molar-refractivity contribution in [1.29, 1.82) is 0 Å². The maximum atomic E-state index is 12.7. The first-order chi connectivity index (χ1) is 19.3. The number of benzene rings is 1. The summed E-state index contributed by atoms with van der Waals surface area (Å²) in [7, 11) is 2.10. The predicted molar refractivity (Wildman–Crippen MR) is 150 cm³/mol. The van der Waals surface area contributed by atoms with Crippen molar-refractivity contribution >= 4 is 17.8 Å².